The van der Waals surface area contributed by atoms with Crippen molar-refractivity contribution in [1.82, 2.24) is 14.9 Å². The quantitative estimate of drug-likeness (QED) is 0.528. The molecule has 6 heteroatoms. The van der Waals surface area contributed by atoms with Gasteiger partial charge in [0.05, 0.1) is 0 Å². The van der Waals surface area contributed by atoms with Crippen molar-refractivity contribution in [3.8, 4) is 11.4 Å². The Hall–Kier alpha value is -2.92. The first-order chi connectivity index (χ1) is 16.1. The van der Waals surface area contributed by atoms with Crippen molar-refractivity contribution in [2.75, 3.05) is 31.1 Å². The average Bonchev–Trinajstić information content (AvgIpc) is 2.80. The first kappa shape index (κ1) is 21.9. The van der Waals surface area contributed by atoms with E-state index in [0.717, 1.165) is 84.5 Å². The zero-order valence-electron chi connectivity index (χ0n) is 19.0. The molecule has 2 aliphatic rings. The van der Waals surface area contributed by atoms with Gasteiger partial charge < -0.3 is 9.80 Å². The lowest BCUT2D eigenvalue weighted by Crippen LogP contribution is -2.51. The predicted octanol–water partition coefficient (Wildman–Crippen LogP) is 5.14. The van der Waals surface area contributed by atoms with Crippen LogP contribution in [0.25, 0.3) is 11.4 Å². The summed E-state index contributed by atoms with van der Waals surface area (Å²) in [7, 11) is 0. The van der Waals surface area contributed by atoms with Gasteiger partial charge in [-0.15, -0.1) is 0 Å². The van der Waals surface area contributed by atoms with E-state index in [4.69, 9.17) is 21.6 Å². The summed E-state index contributed by atoms with van der Waals surface area (Å²) in [6.45, 7) is 5.12. The fourth-order valence-corrected chi connectivity index (χ4v) is 4.88. The van der Waals surface area contributed by atoms with E-state index in [2.05, 4.69) is 17.9 Å². The van der Waals surface area contributed by atoms with E-state index in [-0.39, 0.29) is 5.92 Å². The van der Waals surface area contributed by atoms with Crippen LogP contribution in [0.3, 0.4) is 0 Å². The van der Waals surface area contributed by atoms with Crippen LogP contribution >= 0.6 is 11.6 Å². The Balaban J connectivity index is 1.45. The van der Waals surface area contributed by atoms with Crippen LogP contribution in [0, 0.1) is 12.8 Å². The van der Waals surface area contributed by atoms with E-state index in [1.807, 2.05) is 53.4 Å². The van der Waals surface area contributed by atoms with Gasteiger partial charge in [-0.25, -0.2) is 9.97 Å². The van der Waals surface area contributed by atoms with Gasteiger partial charge >= 0.3 is 0 Å². The number of amides is 1. The fraction of sp³-hybridized carbons (Fsp3) is 0.370. The number of halogens is 1. The normalized spacial score (nSPS) is 16.5. The van der Waals surface area contributed by atoms with Crippen LogP contribution in [0.5, 0.6) is 0 Å². The van der Waals surface area contributed by atoms with Gasteiger partial charge in [-0.3, -0.25) is 4.79 Å². The van der Waals surface area contributed by atoms with Crippen molar-refractivity contribution in [3.05, 3.63) is 76.4 Å². The van der Waals surface area contributed by atoms with E-state index >= 15 is 0 Å². The maximum absolute atomic E-state index is 12.7. The Kier molecular flexibility index (Phi) is 6.32. The summed E-state index contributed by atoms with van der Waals surface area (Å²) in [6.07, 6.45) is 4.01. The number of piperazine rings is 1. The minimum atomic E-state index is 0.251. The number of benzene rings is 2. The number of rotatable bonds is 5. The second kappa shape index (κ2) is 9.52. The van der Waals surface area contributed by atoms with Crippen molar-refractivity contribution >= 4 is 23.3 Å². The molecule has 0 unspecified atom stereocenters. The van der Waals surface area contributed by atoms with Gasteiger partial charge in [0.25, 0.3) is 0 Å². The lowest BCUT2D eigenvalue weighted by atomic mass is 9.84. The van der Waals surface area contributed by atoms with Crippen LogP contribution in [0.2, 0.25) is 5.02 Å². The molecule has 5 rings (SSSR count). The molecule has 1 aromatic heterocycles. The SMILES string of the molecule is Cc1nc(-c2ccccc2)nc(N2CCN(C(=O)C3CCC3)CC2)c1Cc1cccc(Cl)c1. The molecule has 33 heavy (non-hydrogen) atoms. The average molecular weight is 461 g/mol. The molecule has 2 fully saturated rings. The number of hydrogen-bond acceptors (Lipinski definition) is 4. The maximum atomic E-state index is 12.7. The van der Waals surface area contributed by atoms with Crippen LogP contribution in [0.15, 0.2) is 54.6 Å². The number of anilines is 1. The molecule has 5 nitrogen and oxygen atoms in total. The minimum absolute atomic E-state index is 0.251. The minimum Gasteiger partial charge on any atom is -0.353 e. The Morgan fingerprint density at radius 3 is 2.42 bits per heavy atom. The topological polar surface area (TPSA) is 49.3 Å². The summed E-state index contributed by atoms with van der Waals surface area (Å²) in [6, 6.07) is 18.1. The highest BCUT2D eigenvalue weighted by Gasteiger charge is 2.32. The lowest BCUT2D eigenvalue weighted by molar-refractivity contribution is -0.138. The largest absolute Gasteiger partial charge is 0.353 e. The molecule has 1 saturated heterocycles. The van der Waals surface area contributed by atoms with E-state index < -0.39 is 0 Å². The Morgan fingerprint density at radius 1 is 1.00 bits per heavy atom. The number of hydrogen-bond donors (Lipinski definition) is 0. The first-order valence-electron chi connectivity index (χ1n) is 11.8. The van der Waals surface area contributed by atoms with Gasteiger partial charge in [0.1, 0.15) is 5.82 Å². The van der Waals surface area contributed by atoms with Gasteiger partial charge in [0.15, 0.2) is 5.82 Å². The molecule has 0 radical (unpaired) electrons. The van der Waals surface area contributed by atoms with E-state index in [1.54, 1.807) is 0 Å². The zero-order valence-corrected chi connectivity index (χ0v) is 19.8. The molecule has 0 bridgehead atoms. The molecule has 1 amide bonds. The molecule has 0 atom stereocenters. The van der Waals surface area contributed by atoms with Crippen molar-refractivity contribution in [3.63, 3.8) is 0 Å². The molecule has 2 heterocycles. The molecular weight excluding hydrogens is 432 g/mol. The molecule has 1 aliphatic heterocycles. The van der Waals surface area contributed by atoms with Crippen LogP contribution in [-0.4, -0.2) is 47.0 Å². The Bertz CT molecular complexity index is 1140. The number of aryl methyl sites for hydroxylation is 1. The molecular formula is C27H29ClN4O. The summed E-state index contributed by atoms with van der Waals surface area (Å²) in [5, 5.41) is 0.733. The highest BCUT2D eigenvalue weighted by molar-refractivity contribution is 6.30. The van der Waals surface area contributed by atoms with Crippen molar-refractivity contribution in [1.29, 1.82) is 0 Å². The van der Waals surface area contributed by atoms with Crippen LogP contribution < -0.4 is 4.90 Å². The number of carbonyl (C=O) groups excluding carboxylic acids is 1. The standard InChI is InChI=1S/C27H29ClN4O/c1-19-24(18-20-7-5-12-23(28)17-20)26(30-25(29-19)21-8-3-2-4-9-21)31-13-15-32(16-14-31)27(33)22-10-6-11-22/h2-5,7-9,12,17,22H,6,10-11,13-16,18H2,1H3. The Morgan fingerprint density at radius 2 is 1.76 bits per heavy atom. The smallest absolute Gasteiger partial charge is 0.225 e. The molecule has 3 aromatic rings. The Labute approximate surface area is 200 Å². The van der Waals surface area contributed by atoms with Gasteiger partial charge in [-0.1, -0.05) is 60.5 Å². The molecule has 1 saturated carbocycles. The number of carbonyl (C=O) groups is 1. The van der Waals surface area contributed by atoms with Gasteiger partial charge in [0.2, 0.25) is 5.91 Å². The molecule has 2 aromatic carbocycles. The molecule has 0 N–H and O–H groups in total. The van der Waals surface area contributed by atoms with Crippen LogP contribution in [0.4, 0.5) is 5.82 Å². The van der Waals surface area contributed by atoms with Crippen molar-refractivity contribution in [2.45, 2.75) is 32.6 Å². The third kappa shape index (κ3) is 4.74. The molecule has 1 aliphatic carbocycles. The summed E-state index contributed by atoms with van der Waals surface area (Å²) in [5.74, 6) is 2.30. The second-order valence-electron chi connectivity index (χ2n) is 9.05. The fourth-order valence-electron chi connectivity index (χ4n) is 4.67. The number of nitrogens with zero attached hydrogens (tertiary/aromatic N) is 4. The van der Waals surface area contributed by atoms with Crippen molar-refractivity contribution < 1.29 is 4.79 Å². The van der Waals surface area contributed by atoms with Gasteiger partial charge in [-0.2, -0.15) is 0 Å². The summed E-state index contributed by atoms with van der Waals surface area (Å²) < 4.78 is 0. The molecule has 170 valence electrons. The van der Waals surface area contributed by atoms with Gasteiger partial charge in [0, 0.05) is 60.4 Å². The maximum Gasteiger partial charge on any atom is 0.225 e. The summed E-state index contributed by atoms with van der Waals surface area (Å²) in [5.41, 5.74) is 4.25. The second-order valence-corrected chi connectivity index (χ2v) is 9.48. The molecule has 0 spiro atoms. The first-order valence-corrected chi connectivity index (χ1v) is 12.2. The van der Waals surface area contributed by atoms with Gasteiger partial charge in [-0.05, 0) is 37.5 Å². The van der Waals surface area contributed by atoms with E-state index in [1.165, 1.54) is 6.42 Å². The van der Waals surface area contributed by atoms with E-state index in [9.17, 15) is 4.79 Å². The number of aromatic nitrogens is 2. The highest BCUT2D eigenvalue weighted by Crippen LogP contribution is 2.31. The monoisotopic (exact) mass is 460 g/mol. The highest BCUT2D eigenvalue weighted by atomic mass is 35.5. The predicted molar refractivity (Wildman–Crippen MR) is 133 cm³/mol. The van der Waals surface area contributed by atoms with E-state index in [0.29, 0.717) is 5.91 Å². The van der Waals surface area contributed by atoms with Crippen molar-refractivity contribution in [2.24, 2.45) is 5.92 Å². The summed E-state index contributed by atoms with van der Waals surface area (Å²) >= 11 is 6.25. The van der Waals surface area contributed by atoms with Crippen LogP contribution in [-0.2, 0) is 11.2 Å². The lowest BCUT2D eigenvalue weighted by Gasteiger charge is -2.39. The summed E-state index contributed by atoms with van der Waals surface area (Å²) in [4.78, 5) is 27.0. The third-order valence-corrected chi connectivity index (χ3v) is 7.07. The zero-order chi connectivity index (χ0) is 22.8. The van der Waals surface area contributed by atoms with Crippen LogP contribution in [0.1, 0.15) is 36.1 Å². The third-order valence-electron chi connectivity index (χ3n) is 6.84.